The number of pyridine rings is 1. The molecule has 0 saturated heterocycles. The van der Waals surface area contributed by atoms with Crippen molar-refractivity contribution in [3.05, 3.63) is 30.1 Å². The Bertz CT molecular complexity index is 255. The first-order chi connectivity index (χ1) is 6.88. The van der Waals surface area contributed by atoms with Crippen LogP contribution in [0, 0.1) is 0 Å². The smallest absolute Gasteiger partial charge is 0.181 e. The molecule has 0 atom stereocenters. The van der Waals surface area contributed by atoms with E-state index in [2.05, 4.69) is 42.8 Å². The predicted molar refractivity (Wildman–Crippen MR) is 60.2 cm³/mol. The van der Waals surface area contributed by atoms with E-state index in [1.807, 2.05) is 0 Å². The summed E-state index contributed by atoms with van der Waals surface area (Å²) in [7, 11) is 0. The van der Waals surface area contributed by atoms with Crippen molar-refractivity contribution in [2.75, 3.05) is 0 Å². The van der Waals surface area contributed by atoms with Crippen molar-refractivity contribution < 1.29 is 4.57 Å². The lowest BCUT2D eigenvalue weighted by Gasteiger charge is -2.01. The third kappa shape index (κ3) is 3.49. The van der Waals surface area contributed by atoms with Crippen LogP contribution in [0.2, 0.25) is 0 Å². The maximum atomic E-state index is 2.34. The molecule has 14 heavy (non-hydrogen) atoms. The zero-order chi connectivity index (χ0) is 10.2. The van der Waals surface area contributed by atoms with E-state index >= 15 is 0 Å². The summed E-state index contributed by atoms with van der Waals surface area (Å²) in [6.45, 7) is 5.55. The van der Waals surface area contributed by atoms with E-state index in [4.69, 9.17) is 0 Å². The minimum absolute atomic E-state index is 1.09. The first-order valence-electron chi connectivity index (χ1n) is 5.85. The minimum atomic E-state index is 1.09. The third-order valence-corrected chi connectivity index (χ3v) is 2.66. The van der Waals surface area contributed by atoms with Gasteiger partial charge in [0.15, 0.2) is 11.9 Å². The molecular weight excluding hydrogens is 170 g/mol. The molecule has 1 heteroatoms. The van der Waals surface area contributed by atoms with Crippen molar-refractivity contribution in [2.45, 2.75) is 52.5 Å². The number of nitrogens with zero attached hydrogens (tertiary/aromatic N) is 1. The lowest BCUT2D eigenvalue weighted by molar-refractivity contribution is -0.700. The van der Waals surface area contributed by atoms with Crippen LogP contribution in [-0.4, -0.2) is 0 Å². The molecule has 0 aliphatic heterocycles. The number of aromatic nitrogens is 1. The quantitative estimate of drug-likeness (QED) is 0.481. The maximum Gasteiger partial charge on any atom is 0.181 e. The van der Waals surface area contributed by atoms with Crippen molar-refractivity contribution in [3.8, 4) is 0 Å². The first-order valence-corrected chi connectivity index (χ1v) is 5.85. The molecule has 0 aliphatic carbocycles. The summed E-state index contributed by atoms with van der Waals surface area (Å²) in [4.78, 5) is 0. The highest BCUT2D eigenvalue weighted by Gasteiger charge is 2.05. The van der Waals surface area contributed by atoms with E-state index in [1.165, 1.54) is 37.8 Å². The number of hydrogen-bond donors (Lipinski definition) is 0. The molecular formula is C13H22N+. The molecule has 1 aromatic rings. The highest BCUT2D eigenvalue weighted by Crippen LogP contribution is 2.04. The third-order valence-electron chi connectivity index (χ3n) is 2.66. The summed E-state index contributed by atoms with van der Waals surface area (Å²) < 4.78 is 2.34. The van der Waals surface area contributed by atoms with Crippen LogP contribution >= 0.6 is 0 Å². The van der Waals surface area contributed by atoms with Gasteiger partial charge in [0.05, 0.1) is 0 Å². The van der Waals surface area contributed by atoms with Gasteiger partial charge in [-0.3, -0.25) is 0 Å². The minimum Gasteiger partial charge on any atom is -0.203 e. The highest BCUT2D eigenvalue weighted by molar-refractivity contribution is 4.97. The van der Waals surface area contributed by atoms with Gasteiger partial charge in [-0.2, -0.15) is 0 Å². The van der Waals surface area contributed by atoms with E-state index in [9.17, 15) is 0 Å². The second-order valence-corrected chi connectivity index (χ2v) is 3.79. The summed E-state index contributed by atoms with van der Waals surface area (Å²) in [5.74, 6) is 0. The fraction of sp³-hybridized carbons (Fsp3) is 0.615. The van der Waals surface area contributed by atoms with Crippen LogP contribution < -0.4 is 4.57 Å². The number of rotatable bonds is 6. The topological polar surface area (TPSA) is 3.88 Å². The Morgan fingerprint density at radius 1 is 1.07 bits per heavy atom. The standard InChI is InChI=1S/C13H22N/c1-3-5-6-7-10-13-11-8-9-12-14(13)4-2/h8-9,11-12H,3-7,10H2,1-2H3/q+1. The van der Waals surface area contributed by atoms with Crippen LogP contribution in [0.25, 0.3) is 0 Å². The summed E-state index contributed by atoms with van der Waals surface area (Å²) in [6.07, 6.45) is 8.80. The maximum absolute atomic E-state index is 2.34. The van der Waals surface area contributed by atoms with Crippen molar-refractivity contribution in [3.63, 3.8) is 0 Å². The lowest BCUT2D eigenvalue weighted by Crippen LogP contribution is -2.36. The number of hydrogen-bond acceptors (Lipinski definition) is 0. The molecule has 0 N–H and O–H groups in total. The van der Waals surface area contributed by atoms with Crippen molar-refractivity contribution >= 4 is 0 Å². The van der Waals surface area contributed by atoms with Gasteiger partial charge in [-0.1, -0.05) is 32.3 Å². The van der Waals surface area contributed by atoms with Gasteiger partial charge in [0.2, 0.25) is 0 Å². The van der Waals surface area contributed by atoms with Gasteiger partial charge in [0, 0.05) is 18.6 Å². The van der Waals surface area contributed by atoms with E-state index in [0.717, 1.165) is 6.54 Å². The van der Waals surface area contributed by atoms with Gasteiger partial charge in [0.25, 0.3) is 0 Å². The molecule has 0 fully saturated rings. The summed E-state index contributed by atoms with van der Waals surface area (Å²) in [6, 6.07) is 6.50. The second kappa shape index (κ2) is 6.58. The fourth-order valence-electron chi connectivity index (χ4n) is 1.78. The van der Waals surface area contributed by atoms with Gasteiger partial charge >= 0.3 is 0 Å². The Morgan fingerprint density at radius 2 is 1.93 bits per heavy atom. The van der Waals surface area contributed by atoms with E-state index < -0.39 is 0 Å². The molecule has 1 heterocycles. The van der Waals surface area contributed by atoms with Crippen LogP contribution in [0.15, 0.2) is 24.4 Å². The van der Waals surface area contributed by atoms with Gasteiger partial charge in [0.1, 0.15) is 6.54 Å². The summed E-state index contributed by atoms with van der Waals surface area (Å²) in [5, 5.41) is 0. The summed E-state index contributed by atoms with van der Waals surface area (Å²) in [5.41, 5.74) is 1.48. The van der Waals surface area contributed by atoms with Gasteiger partial charge in [-0.15, -0.1) is 0 Å². The molecule has 0 unspecified atom stereocenters. The molecule has 0 radical (unpaired) electrons. The van der Waals surface area contributed by atoms with E-state index in [-0.39, 0.29) is 0 Å². The van der Waals surface area contributed by atoms with Crippen LogP contribution in [0.1, 0.15) is 45.2 Å². The zero-order valence-electron chi connectivity index (χ0n) is 9.50. The normalized spacial score (nSPS) is 10.4. The highest BCUT2D eigenvalue weighted by atomic mass is 14.9. The average Bonchev–Trinajstić information content (AvgIpc) is 2.25. The molecule has 0 saturated carbocycles. The molecule has 0 spiro atoms. The molecule has 0 aromatic carbocycles. The Morgan fingerprint density at radius 3 is 2.64 bits per heavy atom. The lowest BCUT2D eigenvalue weighted by atomic mass is 10.1. The molecule has 0 aliphatic rings. The predicted octanol–water partition coefficient (Wildman–Crippen LogP) is 3.12. The molecule has 0 amide bonds. The Hall–Kier alpha value is -0.850. The van der Waals surface area contributed by atoms with Crippen LogP contribution in [-0.2, 0) is 13.0 Å². The molecule has 78 valence electrons. The number of aryl methyl sites for hydroxylation is 2. The molecule has 0 bridgehead atoms. The monoisotopic (exact) mass is 192 g/mol. The van der Waals surface area contributed by atoms with Crippen LogP contribution in [0.4, 0.5) is 0 Å². The van der Waals surface area contributed by atoms with Crippen molar-refractivity contribution in [2.24, 2.45) is 0 Å². The molecule has 1 aromatic heterocycles. The van der Waals surface area contributed by atoms with Gasteiger partial charge in [-0.05, 0) is 13.3 Å². The Balaban J connectivity index is 2.41. The fourth-order valence-corrected chi connectivity index (χ4v) is 1.78. The van der Waals surface area contributed by atoms with Crippen LogP contribution in [0.3, 0.4) is 0 Å². The summed E-state index contributed by atoms with van der Waals surface area (Å²) >= 11 is 0. The van der Waals surface area contributed by atoms with Gasteiger partial charge in [-0.25, -0.2) is 4.57 Å². The van der Waals surface area contributed by atoms with Gasteiger partial charge < -0.3 is 0 Å². The average molecular weight is 192 g/mol. The van der Waals surface area contributed by atoms with E-state index in [1.54, 1.807) is 0 Å². The van der Waals surface area contributed by atoms with Crippen molar-refractivity contribution in [1.82, 2.24) is 0 Å². The number of unbranched alkanes of at least 4 members (excludes halogenated alkanes) is 3. The SMILES string of the molecule is CCCCCCc1cccc[n+]1CC. The largest absolute Gasteiger partial charge is 0.203 e. The Kier molecular flexibility index (Phi) is 5.28. The zero-order valence-corrected chi connectivity index (χ0v) is 9.50. The van der Waals surface area contributed by atoms with Crippen molar-refractivity contribution in [1.29, 1.82) is 0 Å². The first kappa shape index (κ1) is 11.2. The molecule has 1 rings (SSSR count). The second-order valence-electron chi connectivity index (χ2n) is 3.79. The Labute approximate surface area is 87.8 Å². The van der Waals surface area contributed by atoms with Crippen LogP contribution in [0.5, 0.6) is 0 Å². The van der Waals surface area contributed by atoms with E-state index in [0.29, 0.717) is 0 Å². The molecule has 1 nitrogen and oxygen atoms in total.